The molecule has 1 fully saturated rings. The summed E-state index contributed by atoms with van der Waals surface area (Å²) in [5, 5.41) is 20.2. The lowest BCUT2D eigenvalue weighted by molar-refractivity contribution is -0.765. The largest absolute Gasteiger partial charge is 0.469 e. The highest BCUT2D eigenvalue weighted by Crippen LogP contribution is 2.37. The highest BCUT2D eigenvalue weighted by molar-refractivity contribution is 7.46. The first-order valence-corrected chi connectivity index (χ1v) is 9.36. The van der Waals surface area contributed by atoms with Crippen LogP contribution in [-0.4, -0.2) is 56.5 Å². The molecule has 1 aliphatic heterocycles. The highest BCUT2D eigenvalue weighted by Gasteiger charge is 2.49. The number of carbonyl (C=O) groups is 1. The van der Waals surface area contributed by atoms with Gasteiger partial charge in [-0.05, 0) is 26.8 Å². The van der Waals surface area contributed by atoms with Crippen molar-refractivity contribution in [2.45, 2.75) is 50.9 Å². The van der Waals surface area contributed by atoms with Crippen LogP contribution < -0.4 is 4.57 Å². The van der Waals surface area contributed by atoms with Gasteiger partial charge in [0.15, 0.2) is 18.5 Å². The third kappa shape index (κ3) is 5.55. The van der Waals surface area contributed by atoms with Crippen molar-refractivity contribution in [3.05, 3.63) is 30.1 Å². The van der Waals surface area contributed by atoms with Crippen molar-refractivity contribution in [2.75, 3.05) is 6.61 Å². The Labute approximate surface area is 150 Å². The van der Waals surface area contributed by atoms with Gasteiger partial charge in [-0.2, -0.15) is 4.57 Å². The van der Waals surface area contributed by atoms with E-state index in [0.717, 1.165) is 0 Å². The molecule has 1 aromatic heterocycles. The van der Waals surface area contributed by atoms with Crippen LogP contribution in [0.3, 0.4) is 0 Å². The van der Waals surface area contributed by atoms with Gasteiger partial charge in [-0.15, -0.1) is 0 Å². The first kappa shape index (κ1) is 20.9. The second kappa shape index (κ2) is 7.69. The number of carbonyl (C=O) groups excluding carboxylic acids is 1. The first-order valence-electron chi connectivity index (χ1n) is 7.83. The fraction of sp³-hybridized carbons (Fsp3) is 0.600. The molecule has 0 saturated carbocycles. The molecule has 0 bridgehead atoms. The Morgan fingerprint density at radius 1 is 1.31 bits per heavy atom. The average molecular weight is 392 g/mol. The summed E-state index contributed by atoms with van der Waals surface area (Å²) in [6.45, 7) is 4.58. The minimum Gasteiger partial charge on any atom is -0.456 e. The Bertz CT molecular complexity index is 699. The Kier molecular flexibility index (Phi) is 6.19. The summed E-state index contributed by atoms with van der Waals surface area (Å²) >= 11 is 0. The number of ether oxygens (including phenoxy) is 2. The SMILES string of the molecule is CC(C)(C)OC(=O)c1ccc[n+]([C@@H]2O[C@H](COP(=O)(O)O)[C@@H](O)[C@H]2O)c1. The van der Waals surface area contributed by atoms with Gasteiger partial charge in [0, 0.05) is 6.07 Å². The molecule has 146 valence electrons. The number of aliphatic hydroxyl groups excluding tert-OH is 2. The normalized spacial score (nSPS) is 26.7. The van der Waals surface area contributed by atoms with E-state index in [4.69, 9.17) is 19.3 Å². The molecule has 2 heterocycles. The minimum atomic E-state index is -4.74. The van der Waals surface area contributed by atoms with Crippen molar-refractivity contribution in [3.8, 4) is 0 Å². The molecule has 4 N–H and O–H groups in total. The number of pyridine rings is 1. The van der Waals surface area contributed by atoms with Crippen molar-refractivity contribution < 1.29 is 47.9 Å². The van der Waals surface area contributed by atoms with E-state index in [1.165, 1.54) is 23.0 Å². The molecule has 0 spiro atoms. The van der Waals surface area contributed by atoms with Crippen LogP contribution in [0.15, 0.2) is 24.5 Å². The molecule has 1 aliphatic rings. The Balaban J connectivity index is 2.14. The van der Waals surface area contributed by atoms with E-state index < -0.39 is 50.5 Å². The van der Waals surface area contributed by atoms with Crippen LogP contribution >= 0.6 is 7.82 Å². The van der Waals surface area contributed by atoms with Crippen molar-refractivity contribution in [2.24, 2.45) is 0 Å². The number of hydrogen-bond donors (Lipinski definition) is 4. The molecule has 10 nitrogen and oxygen atoms in total. The van der Waals surface area contributed by atoms with Gasteiger partial charge in [0.05, 0.1) is 6.61 Å². The maximum atomic E-state index is 12.2. The number of esters is 1. The minimum absolute atomic E-state index is 0.211. The highest BCUT2D eigenvalue weighted by atomic mass is 31.2. The van der Waals surface area contributed by atoms with Gasteiger partial charge >= 0.3 is 13.8 Å². The van der Waals surface area contributed by atoms with Gasteiger partial charge in [-0.3, -0.25) is 4.52 Å². The summed E-state index contributed by atoms with van der Waals surface area (Å²) in [4.78, 5) is 29.6. The average Bonchev–Trinajstić information content (AvgIpc) is 2.79. The Morgan fingerprint density at radius 3 is 2.54 bits per heavy atom. The molecule has 26 heavy (non-hydrogen) atoms. The predicted octanol–water partition coefficient (Wildman–Crippen LogP) is -0.342. The topological polar surface area (TPSA) is 147 Å². The van der Waals surface area contributed by atoms with Crippen molar-refractivity contribution in [3.63, 3.8) is 0 Å². The lowest BCUT2D eigenvalue weighted by Gasteiger charge is -2.19. The van der Waals surface area contributed by atoms with Crippen LogP contribution in [0.4, 0.5) is 0 Å². The van der Waals surface area contributed by atoms with Crippen LogP contribution in [0, 0.1) is 0 Å². The number of aliphatic hydroxyl groups is 2. The maximum Gasteiger partial charge on any atom is 0.469 e. The summed E-state index contributed by atoms with van der Waals surface area (Å²) in [6, 6.07) is 3.07. The molecule has 0 aliphatic carbocycles. The smallest absolute Gasteiger partial charge is 0.456 e. The van der Waals surface area contributed by atoms with Gasteiger partial charge in [-0.1, -0.05) is 0 Å². The third-order valence-corrected chi connectivity index (χ3v) is 3.98. The summed E-state index contributed by atoms with van der Waals surface area (Å²) in [7, 11) is -4.74. The predicted molar refractivity (Wildman–Crippen MR) is 85.7 cm³/mol. The van der Waals surface area contributed by atoms with E-state index in [2.05, 4.69) is 4.52 Å². The first-order chi connectivity index (χ1) is 11.9. The monoisotopic (exact) mass is 392 g/mol. The summed E-state index contributed by atoms with van der Waals surface area (Å²) in [5.74, 6) is -0.568. The zero-order valence-electron chi connectivity index (χ0n) is 14.6. The molecule has 1 aromatic rings. The van der Waals surface area contributed by atoms with E-state index in [0.29, 0.717) is 0 Å². The second-order valence-corrected chi connectivity index (χ2v) is 8.11. The fourth-order valence-electron chi connectivity index (χ4n) is 2.39. The molecule has 4 atom stereocenters. The Hall–Kier alpha value is -1.39. The lowest BCUT2D eigenvalue weighted by Crippen LogP contribution is -2.46. The number of phosphoric acid groups is 1. The van der Waals surface area contributed by atoms with Crippen LogP contribution in [0.25, 0.3) is 0 Å². The standard InChI is InChI=1S/C15H22NO9P/c1-15(2,3)25-14(19)9-5-4-6-16(7-9)13-12(18)11(17)10(24-13)8-23-26(20,21)22/h4-7,10-13,17-18H,8H2,1-3H3,(H-,20,21,22)/p+1/t10-,11-,12-,13-/m1/s1. The summed E-state index contributed by atoms with van der Waals surface area (Å²) in [6.07, 6.45) is -2.14. The van der Waals surface area contributed by atoms with E-state index in [1.54, 1.807) is 26.8 Å². The van der Waals surface area contributed by atoms with Crippen LogP contribution in [0.1, 0.15) is 37.4 Å². The number of aromatic nitrogens is 1. The van der Waals surface area contributed by atoms with E-state index >= 15 is 0 Å². The third-order valence-electron chi connectivity index (χ3n) is 3.49. The molecule has 11 heteroatoms. The lowest BCUT2D eigenvalue weighted by atomic mass is 10.1. The molecular formula is C15H23NO9P+. The van der Waals surface area contributed by atoms with Crippen molar-refractivity contribution in [1.29, 1.82) is 0 Å². The number of nitrogens with zero attached hydrogens (tertiary/aromatic N) is 1. The molecule has 1 saturated heterocycles. The summed E-state index contributed by atoms with van der Waals surface area (Å²) < 4.78 is 27.2. The summed E-state index contributed by atoms with van der Waals surface area (Å²) in [5.41, 5.74) is -0.468. The second-order valence-electron chi connectivity index (χ2n) is 6.87. The van der Waals surface area contributed by atoms with E-state index in [9.17, 15) is 19.6 Å². The Morgan fingerprint density at radius 2 is 1.96 bits per heavy atom. The van der Waals surface area contributed by atoms with Gasteiger partial charge < -0.3 is 29.5 Å². The van der Waals surface area contributed by atoms with Gasteiger partial charge in [0.1, 0.15) is 23.4 Å². The van der Waals surface area contributed by atoms with Crippen LogP contribution in [0.2, 0.25) is 0 Å². The van der Waals surface area contributed by atoms with Gasteiger partial charge in [-0.25, -0.2) is 9.36 Å². The van der Waals surface area contributed by atoms with E-state index in [-0.39, 0.29) is 5.56 Å². The number of phosphoric ester groups is 1. The zero-order chi connectivity index (χ0) is 19.7. The van der Waals surface area contributed by atoms with Gasteiger partial charge in [0.2, 0.25) is 0 Å². The molecule has 0 amide bonds. The maximum absolute atomic E-state index is 12.2. The number of hydrogen-bond acceptors (Lipinski definition) is 7. The molecule has 0 unspecified atom stereocenters. The molecule has 0 radical (unpaired) electrons. The van der Waals surface area contributed by atoms with Gasteiger partial charge in [0.25, 0.3) is 6.23 Å². The van der Waals surface area contributed by atoms with Crippen molar-refractivity contribution in [1.82, 2.24) is 0 Å². The van der Waals surface area contributed by atoms with Crippen molar-refractivity contribution >= 4 is 13.8 Å². The molecule has 0 aromatic carbocycles. The van der Waals surface area contributed by atoms with E-state index in [1.807, 2.05) is 0 Å². The molecular weight excluding hydrogens is 369 g/mol. The quantitative estimate of drug-likeness (QED) is 0.300. The van der Waals surface area contributed by atoms with Crippen LogP contribution in [0.5, 0.6) is 0 Å². The zero-order valence-corrected chi connectivity index (χ0v) is 15.4. The number of rotatable bonds is 5. The molecule has 2 rings (SSSR count). The van der Waals surface area contributed by atoms with Crippen LogP contribution in [-0.2, 0) is 18.6 Å². The fourth-order valence-corrected chi connectivity index (χ4v) is 2.73.